The molecule has 7 nitrogen and oxygen atoms in total. The summed E-state index contributed by atoms with van der Waals surface area (Å²) in [7, 11) is 7.39. The van der Waals surface area contributed by atoms with Crippen LogP contribution in [0, 0.1) is 6.92 Å². The highest BCUT2D eigenvalue weighted by Crippen LogP contribution is 2.27. The number of carbonyl (C=O) groups excluding carboxylic acids is 1. The molecule has 1 aromatic carbocycles. The van der Waals surface area contributed by atoms with Gasteiger partial charge < -0.3 is 15.0 Å². The van der Waals surface area contributed by atoms with Crippen LogP contribution in [0.25, 0.3) is 0 Å². The number of urea groups is 1. The summed E-state index contributed by atoms with van der Waals surface area (Å²) in [5.41, 5.74) is 1.88. The van der Waals surface area contributed by atoms with Gasteiger partial charge in [-0.25, -0.2) is 4.79 Å². The lowest BCUT2D eigenvalue weighted by atomic mass is 10.0. The average Bonchev–Trinajstić information content (AvgIpc) is 2.85. The van der Waals surface area contributed by atoms with E-state index in [9.17, 15) is 4.79 Å². The van der Waals surface area contributed by atoms with Crippen LogP contribution in [0.2, 0.25) is 0 Å². The molecular weight excluding hydrogens is 306 g/mol. The number of hydrogen-bond donors (Lipinski definition) is 2. The molecular formula is C17H25N5O2. The van der Waals surface area contributed by atoms with Gasteiger partial charge in [0, 0.05) is 25.2 Å². The lowest BCUT2D eigenvalue weighted by molar-refractivity contribution is 0.242. The normalized spacial score (nSPS) is 12.1. The van der Waals surface area contributed by atoms with Crippen LogP contribution in [0.5, 0.6) is 5.75 Å². The number of benzene rings is 1. The van der Waals surface area contributed by atoms with Gasteiger partial charge in [-0.1, -0.05) is 18.2 Å². The second-order valence-corrected chi connectivity index (χ2v) is 5.85. The fourth-order valence-electron chi connectivity index (χ4n) is 2.59. The molecule has 2 rings (SSSR count). The van der Waals surface area contributed by atoms with E-state index in [-0.39, 0.29) is 12.1 Å². The smallest absolute Gasteiger partial charge is 0.320 e. The van der Waals surface area contributed by atoms with Crippen LogP contribution >= 0.6 is 0 Å². The number of para-hydroxylation sites is 1. The van der Waals surface area contributed by atoms with Crippen LogP contribution in [-0.4, -0.2) is 48.5 Å². The Balaban J connectivity index is 2.03. The van der Waals surface area contributed by atoms with Gasteiger partial charge in [-0.05, 0) is 27.1 Å². The Hall–Kier alpha value is -2.54. The molecule has 1 aromatic heterocycles. The summed E-state index contributed by atoms with van der Waals surface area (Å²) in [6.07, 6.45) is 0. The third kappa shape index (κ3) is 4.26. The van der Waals surface area contributed by atoms with Gasteiger partial charge in [0.2, 0.25) is 0 Å². The summed E-state index contributed by atoms with van der Waals surface area (Å²) in [6, 6.07) is 9.38. The van der Waals surface area contributed by atoms with Crippen molar-refractivity contribution in [1.29, 1.82) is 0 Å². The highest BCUT2D eigenvalue weighted by atomic mass is 16.5. The van der Waals surface area contributed by atoms with Gasteiger partial charge >= 0.3 is 6.03 Å². The number of nitrogens with one attached hydrogen (secondary N) is 2. The highest BCUT2D eigenvalue weighted by molar-refractivity contribution is 5.88. The lowest BCUT2D eigenvalue weighted by Gasteiger charge is -2.26. The second-order valence-electron chi connectivity index (χ2n) is 5.85. The number of amides is 2. The van der Waals surface area contributed by atoms with E-state index in [1.807, 2.05) is 56.3 Å². The van der Waals surface area contributed by atoms with Crippen LogP contribution in [-0.2, 0) is 7.05 Å². The van der Waals surface area contributed by atoms with E-state index < -0.39 is 0 Å². The Morgan fingerprint density at radius 3 is 2.67 bits per heavy atom. The van der Waals surface area contributed by atoms with E-state index in [4.69, 9.17) is 4.74 Å². The zero-order valence-electron chi connectivity index (χ0n) is 14.8. The van der Waals surface area contributed by atoms with E-state index in [2.05, 4.69) is 15.7 Å². The van der Waals surface area contributed by atoms with Crippen LogP contribution in [0.3, 0.4) is 0 Å². The number of carbonyl (C=O) groups is 1. The molecule has 7 heteroatoms. The average molecular weight is 331 g/mol. The number of rotatable bonds is 6. The molecule has 0 aliphatic heterocycles. The first-order valence-electron chi connectivity index (χ1n) is 7.77. The monoisotopic (exact) mass is 331 g/mol. The molecule has 0 aliphatic rings. The molecule has 0 saturated carbocycles. The standard InChI is InChI=1S/C17H25N5O2/c1-12-10-16(22(4)20-12)19-17(23)18-11-14(21(2)3)13-8-6-7-9-15(13)24-5/h6-10,14H,11H2,1-5H3,(H2,18,19,23)/t14-/m0/s1. The molecule has 2 aromatic rings. The van der Waals surface area contributed by atoms with Crippen molar-refractivity contribution in [1.82, 2.24) is 20.0 Å². The largest absolute Gasteiger partial charge is 0.496 e. The molecule has 0 unspecified atom stereocenters. The van der Waals surface area contributed by atoms with Crippen molar-refractivity contribution >= 4 is 11.8 Å². The number of ether oxygens (including phenoxy) is 1. The van der Waals surface area contributed by atoms with Gasteiger partial charge in [-0.3, -0.25) is 10.00 Å². The van der Waals surface area contributed by atoms with E-state index in [1.165, 1.54) is 0 Å². The summed E-state index contributed by atoms with van der Waals surface area (Å²) < 4.78 is 7.07. The van der Waals surface area contributed by atoms with Crippen LogP contribution in [0.1, 0.15) is 17.3 Å². The number of likely N-dealkylation sites (N-methyl/N-ethyl adjacent to an activating group) is 1. The van der Waals surface area contributed by atoms with Gasteiger partial charge in [0.15, 0.2) is 0 Å². The van der Waals surface area contributed by atoms with Crippen molar-refractivity contribution in [2.45, 2.75) is 13.0 Å². The van der Waals surface area contributed by atoms with Crippen molar-refractivity contribution in [2.75, 3.05) is 33.1 Å². The fraction of sp³-hybridized carbons (Fsp3) is 0.412. The molecule has 0 fully saturated rings. The Bertz CT molecular complexity index is 696. The fourth-order valence-corrected chi connectivity index (χ4v) is 2.59. The van der Waals surface area contributed by atoms with E-state index in [0.717, 1.165) is 17.0 Å². The molecule has 2 amide bonds. The summed E-state index contributed by atoms with van der Waals surface area (Å²) in [5, 5.41) is 9.92. The quantitative estimate of drug-likeness (QED) is 0.851. The van der Waals surface area contributed by atoms with Crippen LogP contribution < -0.4 is 15.4 Å². The molecule has 24 heavy (non-hydrogen) atoms. The maximum Gasteiger partial charge on any atom is 0.320 e. The van der Waals surface area contributed by atoms with Crippen molar-refractivity contribution < 1.29 is 9.53 Å². The molecule has 0 radical (unpaired) electrons. The summed E-state index contributed by atoms with van der Waals surface area (Å²) in [5.74, 6) is 1.46. The molecule has 2 N–H and O–H groups in total. The molecule has 0 saturated heterocycles. The number of hydrogen-bond acceptors (Lipinski definition) is 4. The van der Waals surface area contributed by atoms with Crippen molar-refractivity contribution in [3.63, 3.8) is 0 Å². The zero-order chi connectivity index (χ0) is 17.7. The van der Waals surface area contributed by atoms with Gasteiger partial charge in [-0.15, -0.1) is 0 Å². The molecule has 0 bridgehead atoms. The van der Waals surface area contributed by atoms with Crippen molar-refractivity contribution in [3.05, 3.63) is 41.6 Å². The van der Waals surface area contributed by atoms with Gasteiger partial charge in [0.05, 0.1) is 18.8 Å². The Morgan fingerprint density at radius 1 is 1.38 bits per heavy atom. The van der Waals surface area contributed by atoms with E-state index >= 15 is 0 Å². The Kier molecular flexibility index (Phi) is 5.81. The second kappa shape index (κ2) is 7.83. The third-order valence-corrected chi connectivity index (χ3v) is 3.82. The first-order valence-corrected chi connectivity index (χ1v) is 7.77. The molecule has 1 atom stereocenters. The van der Waals surface area contributed by atoms with Crippen LogP contribution in [0.4, 0.5) is 10.6 Å². The highest BCUT2D eigenvalue weighted by Gasteiger charge is 2.19. The molecule has 0 spiro atoms. The summed E-state index contributed by atoms with van der Waals surface area (Å²) in [6.45, 7) is 2.34. The van der Waals surface area contributed by atoms with Crippen molar-refractivity contribution in [2.24, 2.45) is 7.05 Å². The number of aromatic nitrogens is 2. The van der Waals surface area contributed by atoms with Gasteiger partial charge in [0.25, 0.3) is 0 Å². The van der Waals surface area contributed by atoms with Crippen molar-refractivity contribution in [3.8, 4) is 5.75 Å². The first-order chi connectivity index (χ1) is 11.4. The summed E-state index contributed by atoms with van der Waals surface area (Å²) in [4.78, 5) is 14.2. The number of aryl methyl sites for hydroxylation is 2. The molecule has 1 heterocycles. The number of nitrogens with zero attached hydrogens (tertiary/aromatic N) is 3. The third-order valence-electron chi connectivity index (χ3n) is 3.82. The van der Waals surface area contributed by atoms with Gasteiger partial charge in [-0.2, -0.15) is 5.10 Å². The minimum atomic E-state index is -0.264. The lowest BCUT2D eigenvalue weighted by Crippen LogP contribution is -2.37. The Labute approximate surface area is 142 Å². The number of anilines is 1. The minimum Gasteiger partial charge on any atom is -0.496 e. The molecule has 0 aliphatic carbocycles. The van der Waals surface area contributed by atoms with E-state index in [1.54, 1.807) is 18.8 Å². The predicted molar refractivity (Wildman–Crippen MR) is 94.4 cm³/mol. The first kappa shape index (κ1) is 17.8. The maximum atomic E-state index is 12.2. The zero-order valence-corrected chi connectivity index (χ0v) is 14.8. The maximum absolute atomic E-state index is 12.2. The van der Waals surface area contributed by atoms with Gasteiger partial charge in [0.1, 0.15) is 11.6 Å². The summed E-state index contributed by atoms with van der Waals surface area (Å²) >= 11 is 0. The Morgan fingerprint density at radius 2 is 2.08 bits per heavy atom. The van der Waals surface area contributed by atoms with E-state index in [0.29, 0.717) is 12.4 Å². The SMILES string of the molecule is COc1ccccc1[C@H](CNC(=O)Nc1cc(C)nn1C)N(C)C. The molecule has 130 valence electrons. The minimum absolute atomic E-state index is 0.000161. The number of methoxy groups -OCH3 is 1. The predicted octanol–water partition coefficient (Wildman–Crippen LogP) is 2.16. The topological polar surface area (TPSA) is 71.4 Å². The van der Waals surface area contributed by atoms with Crippen LogP contribution in [0.15, 0.2) is 30.3 Å².